The number of hydrogen-bond donors (Lipinski definition) is 0. The van der Waals surface area contributed by atoms with Gasteiger partial charge in [0.25, 0.3) is 0 Å². The van der Waals surface area contributed by atoms with Crippen LogP contribution >= 0.6 is 0 Å². The Hall–Kier alpha value is -7.42. The Morgan fingerprint density at radius 1 is 0.356 bits per heavy atom. The van der Waals surface area contributed by atoms with Gasteiger partial charge >= 0.3 is 0 Å². The number of anilines is 3. The molecule has 1 aliphatic rings. The van der Waals surface area contributed by atoms with E-state index in [-0.39, 0.29) is 5.41 Å². The molecule has 1 aliphatic carbocycles. The van der Waals surface area contributed by atoms with Crippen LogP contribution in [0.4, 0.5) is 17.1 Å². The zero-order valence-electron chi connectivity index (χ0n) is 32.9. The summed E-state index contributed by atoms with van der Waals surface area (Å²) in [6.07, 6.45) is 0. The molecule has 0 atom stereocenters. The molecule has 2 nitrogen and oxygen atoms in total. The zero-order chi connectivity index (χ0) is 39.2. The molecule has 1 aromatic heterocycles. The van der Waals surface area contributed by atoms with Gasteiger partial charge < -0.3 is 9.32 Å². The molecule has 2 heteroatoms. The minimum atomic E-state index is -0.130. The lowest BCUT2D eigenvalue weighted by atomic mass is 9.82. The van der Waals surface area contributed by atoms with Gasteiger partial charge in [0.2, 0.25) is 0 Å². The fraction of sp³-hybridized carbons (Fsp3) is 0.0526. The van der Waals surface area contributed by atoms with Gasteiger partial charge in [-0.3, -0.25) is 0 Å². The van der Waals surface area contributed by atoms with Gasteiger partial charge in [0.1, 0.15) is 11.2 Å². The van der Waals surface area contributed by atoms with E-state index in [0.29, 0.717) is 0 Å². The molecule has 0 bridgehead atoms. The summed E-state index contributed by atoms with van der Waals surface area (Å²) in [5, 5.41) is 9.71. The third-order valence-corrected chi connectivity index (χ3v) is 12.8. The molecule has 0 radical (unpaired) electrons. The first-order valence-electron chi connectivity index (χ1n) is 20.5. The van der Waals surface area contributed by atoms with Gasteiger partial charge in [0.05, 0.1) is 0 Å². The number of furan rings is 1. The van der Waals surface area contributed by atoms with E-state index in [1.807, 2.05) is 0 Å². The summed E-state index contributed by atoms with van der Waals surface area (Å²) >= 11 is 0. The molecule has 0 saturated heterocycles. The van der Waals surface area contributed by atoms with Crippen LogP contribution in [0.5, 0.6) is 0 Å². The maximum atomic E-state index is 6.70. The second-order valence-corrected chi connectivity index (χ2v) is 16.5. The Bertz CT molecular complexity index is 3460. The highest BCUT2D eigenvalue weighted by atomic mass is 16.3. The van der Waals surface area contributed by atoms with Crippen LogP contribution in [0.1, 0.15) is 25.0 Å². The molecule has 0 aliphatic heterocycles. The molecule has 278 valence electrons. The minimum absolute atomic E-state index is 0.130. The first kappa shape index (κ1) is 33.7. The summed E-state index contributed by atoms with van der Waals surface area (Å²) in [4.78, 5) is 2.42. The van der Waals surface area contributed by atoms with Crippen molar-refractivity contribution in [2.24, 2.45) is 0 Å². The summed E-state index contributed by atoms with van der Waals surface area (Å²) in [5.74, 6) is 0. The molecule has 10 aromatic carbocycles. The van der Waals surface area contributed by atoms with Crippen molar-refractivity contribution >= 4 is 71.3 Å². The van der Waals surface area contributed by atoms with Crippen molar-refractivity contribution in [3.05, 3.63) is 211 Å². The van der Waals surface area contributed by atoms with Crippen LogP contribution in [-0.4, -0.2) is 0 Å². The van der Waals surface area contributed by atoms with Crippen LogP contribution in [0, 0.1) is 0 Å². The maximum absolute atomic E-state index is 6.70. The average Bonchev–Trinajstić information content (AvgIpc) is 3.77. The highest BCUT2D eigenvalue weighted by molar-refractivity contribution is 6.22. The van der Waals surface area contributed by atoms with Crippen LogP contribution in [0.2, 0.25) is 0 Å². The number of rotatable bonds is 5. The highest BCUT2D eigenvalue weighted by Crippen LogP contribution is 2.51. The predicted octanol–water partition coefficient (Wildman–Crippen LogP) is 16.2. The largest absolute Gasteiger partial charge is 0.456 e. The predicted molar refractivity (Wildman–Crippen MR) is 249 cm³/mol. The monoisotopic (exact) mass is 753 g/mol. The molecule has 59 heavy (non-hydrogen) atoms. The Morgan fingerprint density at radius 3 is 1.75 bits per heavy atom. The van der Waals surface area contributed by atoms with E-state index in [4.69, 9.17) is 4.42 Å². The highest BCUT2D eigenvalue weighted by Gasteiger charge is 2.35. The molecule has 11 aromatic rings. The third-order valence-electron chi connectivity index (χ3n) is 12.8. The van der Waals surface area contributed by atoms with E-state index < -0.39 is 0 Å². The lowest BCUT2D eigenvalue weighted by Crippen LogP contribution is -2.16. The number of hydrogen-bond acceptors (Lipinski definition) is 2. The Morgan fingerprint density at radius 2 is 0.932 bits per heavy atom. The molecule has 0 N–H and O–H groups in total. The SMILES string of the molecule is CC1(C)c2ccccc2-c2ccc(N(c3ccc(-c4cc5ccccc5c5ccccc45)cc3)c3ccc4oc5cc(-c6ccccc6)c6ccccc6c5c4c3)cc21. The van der Waals surface area contributed by atoms with E-state index in [1.54, 1.807) is 0 Å². The van der Waals surface area contributed by atoms with E-state index in [1.165, 1.54) is 76.8 Å². The molecular weight excluding hydrogens is 715 g/mol. The summed E-state index contributed by atoms with van der Waals surface area (Å²) < 4.78 is 6.70. The Kier molecular flexibility index (Phi) is 7.31. The quantitative estimate of drug-likeness (QED) is 0.163. The van der Waals surface area contributed by atoms with Gasteiger partial charge in [0, 0.05) is 33.2 Å². The van der Waals surface area contributed by atoms with Gasteiger partial charge in [-0.2, -0.15) is 0 Å². The van der Waals surface area contributed by atoms with Gasteiger partial charge in [-0.15, -0.1) is 0 Å². The molecule has 0 fully saturated rings. The summed E-state index contributed by atoms with van der Waals surface area (Å²) in [6.45, 7) is 4.71. The third kappa shape index (κ3) is 5.13. The number of benzene rings is 10. The second-order valence-electron chi connectivity index (χ2n) is 16.5. The zero-order valence-corrected chi connectivity index (χ0v) is 32.9. The van der Waals surface area contributed by atoms with Crippen molar-refractivity contribution in [1.82, 2.24) is 0 Å². The van der Waals surface area contributed by atoms with Crippen molar-refractivity contribution in [2.45, 2.75) is 19.3 Å². The molecule has 0 saturated carbocycles. The van der Waals surface area contributed by atoms with Crippen molar-refractivity contribution in [2.75, 3.05) is 4.90 Å². The fourth-order valence-electron chi connectivity index (χ4n) is 9.99. The average molecular weight is 754 g/mol. The maximum Gasteiger partial charge on any atom is 0.136 e. The van der Waals surface area contributed by atoms with Crippen LogP contribution < -0.4 is 4.90 Å². The second kappa shape index (κ2) is 12.8. The lowest BCUT2D eigenvalue weighted by molar-refractivity contribution is 0.660. The molecule has 0 unspecified atom stereocenters. The van der Waals surface area contributed by atoms with E-state index >= 15 is 0 Å². The van der Waals surface area contributed by atoms with Gasteiger partial charge in [0.15, 0.2) is 0 Å². The fourth-order valence-corrected chi connectivity index (χ4v) is 9.99. The van der Waals surface area contributed by atoms with Crippen molar-refractivity contribution in [1.29, 1.82) is 0 Å². The number of nitrogens with zero attached hydrogens (tertiary/aromatic N) is 1. The first-order valence-corrected chi connectivity index (χ1v) is 20.5. The first-order chi connectivity index (χ1) is 29.0. The smallest absolute Gasteiger partial charge is 0.136 e. The summed E-state index contributed by atoms with van der Waals surface area (Å²) in [6, 6.07) is 73.1. The Labute approximate surface area is 343 Å². The molecular formula is C57H39NO. The minimum Gasteiger partial charge on any atom is -0.456 e. The lowest BCUT2D eigenvalue weighted by Gasteiger charge is -2.28. The van der Waals surface area contributed by atoms with E-state index in [2.05, 4.69) is 219 Å². The van der Waals surface area contributed by atoms with Gasteiger partial charge in [-0.1, -0.05) is 159 Å². The summed E-state index contributed by atoms with van der Waals surface area (Å²) in [5.41, 5.74) is 15.1. The molecule has 0 spiro atoms. The van der Waals surface area contributed by atoms with E-state index in [9.17, 15) is 0 Å². The van der Waals surface area contributed by atoms with Crippen LogP contribution in [0.25, 0.3) is 87.6 Å². The Balaban J connectivity index is 1.06. The van der Waals surface area contributed by atoms with Crippen LogP contribution in [0.15, 0.2) is 205 Å². The standard InChI is InChI=1S/C57H39NO/c1-57(2)52-23-13-12-21-46(52)47-30-28-41(34-53(47)57)58(39-26-24-37(25-27-39)49-32-38-16-6-7-17-42(38)43-18-8-9-19-44(43)49)40-29-31-54-51(33-40)56-48-22-11-10-20-45(48)50(35-55(56)59-54)36-14-4-3-5-15-36/h3-35H,1-2H3. The van der Waals surface area contributed by atoms with E-state index in [0.717, 1.165) is 39.0 Å². The number of fused-ring (bicyclic) bond motifs is 11. The van der Waals surface area contributed by atoms with Crippen molar-refractivity contribution in [3.8, 4) is 33.4 Å². The van der Waals surface area contributed by atoms with Crippen LogP contribution in [0.3, 0.4) is 0 Å². The topological polar surface area (TPSA) is 16.4 Å². The molecule has 1 heterocycles. The van der Waals surface area contributed by atoms with Crippen LogP contribution in [-0.2, 0) is 5.41 Å². The normalized spacial score (nSPS) is 13.1. The van der Waals surface area contributed by atoms with Gasteiger partial charge in [-0.05, 0) is 131 Å². The summed E-state index contributed by atoms with van der Waals surface area (Å²) in [7, 11) is 0. The van der Waals surface area contributed by atoms with Crippen molar-refractivity contribution in [3.63, 3.8) is 0 Å². The molecule has 12 rings (SSSR count). The van der Waals surface area contributed by atoms with Crippen molar-refractivity contribution < 1.29 is 4.42 Å². The molecule has 0 amide bonds. The van der Waals surface area contributed by atoms with Gasteiger partial charge in [-0.25, -0.2) is 0 Å².